The first kappa shape index (κ1) is 12.0. The number of nitriles is 1. The van der Waals surface area contributed by atoms with Crippen LogP contribution in [0.15, 0.2) is 0 Å². The number of nitrogens with zero attached hydrogens (tertiary/aromatic N) is 2. The van der Waals surface area contributed by atoms with E-state index in [0.717, 1.165) is 32.4 Å². The highest BCUT2D eigenvalue weighted by molar-refractivity contribution is 5.80. The summed E-state index contributed by atoms with van der Waals surface area (Å²) in [6.07, 6.45) is 3.67. The standard InChI is InChI=1S/C11H19N3O/c1-2-3-5-14-6-4-9(8-12)7-10(14)11(13)15/h9-10H,2-7H2,1H3,(H2,13,15). The van der Waals surface area contributed by atoms with E-state index in [1.165, 1.54) is 0 Å². The molecule has 0 aliphatic carbocycles. The number of amides is 1. The van der Waals surface area contributed by atoms with Gasteiger partial charge >= 0.3 is 0 Å². The van der Waals surface area contributed by atoms with Crippen molar-refractivity contribution in [2.75, 3.05) is 13.1 Å². The molecule has 2 unspecified atom stereocenters. The Morgan fingerprint density at radius 3 is 2.93 bits per heavy atom. The minimum Gasteiger partial charge on any atom is -0.368 e. The van der Waals surface area contributed by atoms with Crippen molar-refractivity contribution in [3.8, 4) is 6.07 Å². The van der Waals surface area contributed by atoms with Crippen LogP contribution in [0.5, 0.6) is 0 Å². The third kappa shape index (κ3) is 3.21. The SMILES string of the molecule is CCCCN1CCC(C#N)CC1C(N)=O. The number of piperidine rings is 1. The van der Waals surface area contributed by atoms with Crippen molar-refractivity contribution >= 4 is 5.91 Å². The Hall–Kier alpha value is -1.08. The fraction of sp³-hybridized carbons (Fsp3) is 0.818. The molecule has 84 valence electrons. The Kier molecular flexibility index (Phi) is 4.57. The number of unbranched alkanes of at least 4 members (excludes halogenated alkanes) is 1. The molecule has 4 nitrogen and oxygen atoms in total. The van der Waals surface area contributed by atoms with Crippen molar-refractivity contribution in [3.05, 3.63) is 0 Å². The average molecular weight is 209 g/mol. The van der Waals surface area contributed by atoms with Gasteiger partial charge in [0.1, 0.15) is 0 Å². The van der Waals surface area contributed by atoms with Crippen molar-refractivity contribution in [2.45, 2.75) is 38.6 Å². The van der Waals surface area contributed by atoms with Crippen molar-refractivity contribution < 1.29 is 4.79 Å². The van der Waals surface area contributed by atoms with E-state index < -0.39 is 0 Å². The maximum absolute atomic E-state index is 11.3. The second kappa shape index (κ2) is 5.72. The van der Waals surface area contributed by atoms with E-state index in [-0.39, 0.29) is 17.9 Å². The van der Waals surface area contributed by atoms with Gasteiger partial charge < -0.3 is 5.73 Å². The summed E-state index contributed by atoms with van der Waals surface area (Å²) in [5.41, 5.74) is 5.36. The lowest BCUT2D eigenvalue weighted by atomic mass is 9.91. The molecule has 2 N–H and O–H groups in total. The predicted octanol–water partition coefficient (Wildman–Crippen LogP) is 0.876. The van der Waals surface area contributed by atoms with Crippen LogP contribution >= 0.6 is 0 Å². The molecule has 0 aromatic heterocycles. The molecule has 1 aliphatic rings. The van der Waals surface area contributed by atoms with E-state index in [1.807, 2.05) is 0 Å². The molecular weight excluding hydrogens is 190 g/mol. The highest BCUT2D eigenvalue weighted by Crippen LogP contribution is 2.22. The molecule has 1 rings (SSSR count). The third-order valence-corrected chi connectivity index (χ3v) is 3.02. The zero-order chi connectivity index (χ0) is 11.3. The lowest BCUT2D eigenvalue weighted by Gasteiger charge is -2.35. The second-order valence-corrected chi connectivity index (χ2v) is 4.16. The van der Waals surface area contributed by atoms with Crippen LogP contribution in [0, 0.1) is 17.2 Å². The van der Waals surface area contributed by atoms with Gasteiger partial charge in [0, 0.05) is 12.5 Å². The number of carbonyl (C=O) groups is 1. The smallest absolute Gasteiger partial charge is 0.234 e. The molecule has 1 saturated heterocycles. The van der Waals surface area contributed by atoms with Crippen LogP contribution in [0.1, 0.15) is 32.6 Å². The topological polar surface area (TPSA) is 70.1 Å². The summed E-state index contributed by atoms with van der Waals surface area (Å²) in [6.45, 7) is 3.87. The molecule has 1 fully saturated rings. The lowest BCUT2D eigenvalue weighted by molar-refractivity contribution is -0.124. The first-order valence-corrected chi connectivity index (χ1v) is 5.62. The quantitative estimate of drug-likeness (QED) is 0.747. The van der Waals surface area contributed by atoms with Crippen LogP contribution < -0.4 is 5.73 Å². The van der Waals surface area contributed by atoms with Gasteiger partial charge in [0.2, 0.25) is 5.91 Å². The molecule has 0 spiro atoms. The highest BCUT2D eigenvalue weighted by Gasteiger charge is 2.31. The summed E-state index contributed by atoms with van der Waals surface area (Å²) >= 11 is 0. The molecule has 0 aromatic rings. The number of nitrogens with two attached hydrogens (primary N) is 1. The van der Waals surface area contributed by atoms with E-state index in [1.54, 1.807) is 0 Å². The van der Waals surface area contributed by atoms with Gasteiger partial charge in [-0.1, -0.05) is 13.3 Å². The molecule has 0 bridgehead atoms. The number of primary amides is 1. The van der Waals surface area contributed by atoms with Crippen molar-refractivity contribution in [1.82, 2.24) is 4.90 Å². The Morgan fingerprint density at radius 1 is 1.67 bits per heavy atom. The number of hydrogen-bond donors (Lipinski definition) is 1. The highest BCUT2D eigenvalue weighted by atomic mass is 16.1. The van der Waals surface area contributed by atoms with Gasteiger partial charge in [-0.2, -0.15) is 5.26 Å². The minimum absolute atomic E-state index is 0.000349. The summed E-state index contributed by atoms with van der Waals surface area (Å²) in [6, 6.07) is 2.00. The number of rotatable bonds is 4. The van der Waals surface area contributed by atoms with E-state index in [9.17, 15) is 4.79 Å². The summed E-state index contributed by atoms with van der Waals surface area (Å²) < 4.78 is 0. The number of carbonyl (C=O) groups excluding carboxylic acids is 1. The fourth-order valence-electron chi connectivity index (χ4n) is 2.06. The van der Waals surface area contributed by atoms with Crippen LogP contribution in [0.4, 0.5) is 0 Å². The van der Waals surface area contributed by atoms with Gasteiger partial charge in [-0.05, 0) is 25.8 Å². The molecule has 0 saturated carbocycles. The average Bonchev–Trinajstić information content (AvgIpc) is 2.26. The van der Waals surface area contributed by atoms with Crippen LogP contribution in [-0.2, 0) is 4.79 Å². The van der Waals surface area contributed by atoms with Gasteiger partial charge in [-0.25, -0.2) is 0 Å². The predicted molar refractivity (Wildman–Crippen MR) is 57.8 cm³/mol. The Bertz CT molecular complexity index is 259. The van der Waals surface area contributed by atoms with E-state index in [4.69, 9.17) is 11.0 Å². The van der Waals surface area contributed by atoms with Gasteiger partial charge in [-0.3, -0.25) is 9.69 Å². The fourth-order valence-corrected chi connectivity index (χ4v) is 2.06. The van der Waals surface area contributed by atoms with E-state index in [2.05, 4.69) is 17.9 Å². The zero-order valence-electron chi connectivity index (χ0n) is 9.28. The Balaban J connectivity index is 2.56. The summed E-state index contributed by atoms with van der Waals surface area (Å²) in [5.74, 6) is -0.286. The third-order valence-electron chi connectivity index (χ3n) is 3.02. The van der Waals surface area contributed by atoms with Crippen LogP contribution in [0.2, 0.25) is 0 Å². The van der Waals surface area contributed by atoms with Gasteiger partial charge in [0.15, 0.2) is 0 Å². The van der Waals surface area contributed by atoms with Gasteiger partial charge in [-0.15, -0.1) is 0 Å². The van der Waals surface area contributed by atoms with Crippen molar-refractivity contribution in [3.63, 3.8) is 0 Å². The first-order chi connectivity index (χ1) is 7.19. The molecule has 1 amide bonds. The molecule has 0 radical (unpaired) electrons. The summed E-state index contributed by atoms with van der Waals surface area (Å²) in [7, 11) is 0. The van der Waals surface area contributed by atoms with Gasteiger partial charge in [0.05, 0.1) is 12.1 Å². The summed E-state index contributed by atoms with van der Waals surface area (Å²) in [4.78, 5) is 13.4. The molecule has 1 heterocycles. The first-order valence-electron chi connectivity index (χ1n) is 5.62. The molecule has 0 aromatic carbocycles. The Morgan fingerprint density at radius 2 is 2.40 bits per heavy atom. The second-order valence-electron chi connectivity index (χ2n) is 4.16. The van der Waals surface area contributed by atoms with E-state index >= 15 is 0 Å². The maximum Gasteiger partial charge on any atom is 0.234 e. The Labute approximate surface area is 91.0 Å². The number of likely N-dealkylation sites (tertiary alicyclic amines) is 1. The monoisotopic (exact) mass is 209 g/mol. The molecular formula is C11H19N3O. The van der Waals surface area contributed by atoms with Gasteiger partial charge in [0.25, 0.3) is 0 Å². The summed E-state index contributed by atoms with van der Waals surface area (Å²) in [5, 5.41) is 8.83. The van der Waals surface area contributed by atoms with E-state index in [0.29, 0.717) is 6.42 Å². The van der Waals surface area contributed by atoms with Crippen molar-refractivity contribution in [1.29, 1.82) is 5.26 Å². The lowest BCUT2D eigenvalue weighted by Crippen LogP contribution is -2.49. The van der Waals surface area contributed by atoms with Crippen LogP contribution in [0.3, 0.4) is 0 Å². The molecule has 1 aliphatic heterocycles. The van der Waals surface area contributed by atoms with Crippen molar-refractivity contribution in [2.24, 2.45) is 11.7 Å². The minimum atomic E-state index is -0.286. The normalized spacial score (nSPS) is 27.2. The maximum atomic E-state index is 11.3. The molecule has 15 heavy (non-hydrogen) atoms. The van der Waals surface area contributed by atoms with Crippen LogP contribution in [-0.4, -0.2) is 29.9 Å². The molecule has 2 atom stereocenters. The molecule has 4 heteroatoms. The largest absolute Gasteiger partial charge is 0.368 e. The number of hydrogen-bond acceptors (Lipinski definition) is 3. The van der Waals surface area contributed by atoms with Crippen LogP contribution in [0.25, 0.3) is 0 Å². The zero-order valence-corrected chi connectivity index (χ0v) is 9.28.